The van der Waals surface area contributed by atoms with Crippen molar-refractivity contribution >= 4 is 39.2 Å². The van der Waals surface area contributed by atoms with Crippen molar-refractivity contribution in [3.05, 3.63) is 47.6 Å². The Kier molecular flexibility index (Phi) is 6.47. The van der Waals surface area contributed by atoms with Gasteiger partial charge in [-0.25, -0.2) is 4.98 Å². The van der Waals surface area contributed by atoms with Crippen LogP contribution in [-0.4, -0.2) is 34.0 Å². The number of para-hydroxylation sites is 1. The number of anilines is 1. The number of fused-ring (bicyclic) bond motifs is 1. The molecular weight excluding hydrogens is 398 g/mol. The van der Waals surface area contributed by atoms with E-state index in [1.807, 2.05) is 35.8 Å². The molecule has 6 nitrogen and oxygen atoms in total. The third kappa shape index (κ3) is 4.56. The number of nitrogens with one attached hydrogen (secondary N) is 1. The fourth-order valence-corrected chi connectivity index (χ4v) is 4.90. The molecule has 1 atom stereocenters. The lowest BCUT2D eigenvalue weighted by molar-refractivity contribution is -0.154. The molecule has 1 N–H and O–H groups in total. The monoisotopic (exact) mass is 425 g/mol. The molecule has 4 rings (SSSR count). The number of hydrogen-bond donors (Lipinski definition) is 1. The molecule has 158 valence electrons. The maximum absolute atomic E-state index is 13.2. The number of benzene rings is 1. The second-order valence-corrected chi connectivity index (χ2v) is 8.68. The lowest BCUT2D eigenvalue weighted by Crippen LogP contribution is -2.47. The number of ether oxygens (including phenoxy) is 1. The van der Waals surface area contributed by atoms with Gasteiger partial charge in [-0.2, -0.15) is 0 Å². The Balaban J connectivity index is 1.38. The maximum Gasteiger partial charge on any atom is 0.306 e. The van der Waals surface area contributed by atoms with E-state index in [4.69, 9.17) is 4.74 Å². The Bertz CT molecular complexity index is 992. The van der Waals surface area contributed by atoms with Crippen molar-refractivity contribution in [1.29, 1.82) is 0 Å². The number of nitrogens with zero attached hydrogens (tertiary/aromatic N) is 2. The molecule has 1 unspecified atom stereocenters. The van der Waals surface area contributed by atoms with Crippen LogP contribution in [0.2, 0.25) is 0 Å². The highest BCUT2D eigenvalue weighted by Gasteiger charge is 2.33. The SMILES string of the molecule is CC(OC(=O)CCc1c[nH]c2ccccc12)C(=O)N(c1nccs1)C1CCCCC1. The van der Waals surface area contributed by atoms with Gasteiger partial charge in [-0.1, -0.05) is 37.5 Å². The van der Waals surface area contributed by atoms with Gasteiger partial charge in [0.2, 0.25) is 0 Å². The van der Waals surface area contributed by atoms with Gasteiger partial charge < -0.3 is 9.72 Å². The molecule has 3 aromatic rings. The van der Waals surface area contributed by atoms with E-state index in [0.717, 1.165) is 42.1 Å². The first-order valence-corrected chi connectivity index (χ1v) is 11.5. The number of esters is 1. The Morgan fingerprint density at radius 3 is 2.83 bits per heavy atom. The molecule has 1 fully saturated rings. The maximum atomic E-state index is 13.2. The van der Waals surface area contributed by atoms with Gasteiger partial charge in [0.05, 0.1) is 0 Å². The van der Waals surface area contributed by atoms with Gasteiger partial charge in [-0.05, 0) is 37.8 Å². The van der Waals surface area contributed by atoms with Crippen LogP contribution in [0.3, 0.4) is 0 Å². The van der Waals surface area contributed by atoms with E-state index in [2.05, 4.69) is 9.97 Å². The first kappa shape index (κ1) is 20.6. The zero-order valence-electron chi connectivity index (χ0n) is 17.2. The lowest BCUT2D eigenvalue weighted by atomic mass is 9.94. The van der Waals surface area contributed by atoms with Gasteiger partial charge in [0.1, 0.15) is 0 Å². The number of thiazole rings is 1. The van der Waals surface area contributed by atoms with E-state index < -0.39 is 6.10 Å². The predicted molar refractivity (Wildman–Crippen MR) is 119 cm³/mol. The largest absolute Gasteiger partial charge is 0.453 e. The normalized spacial score (nSPS) is 15.8. The molecule has 1 aliphatic rings. The summed E-state index contributed by atoms with van der Waals surface area (Å²) in [5.74, 6) is -0.541. The summed E-state index contributed by atoms with van der Waals surface area (Å²) >= 11 is 1.45. The molecular formula is C23H27N3O3S. The van der Waals surface area contributed by atoms with Crippen LogP contribution in [0.15, 0.2) is 42.0 Å². The number of amides is 1. The van der Waals surface area contributed by atoms with Crippen molar-refractivity contribution in [3.8, 4) is 0 Å². The van der Waals surface area contributed by atoms with Crippen LogP contribution in [0.5, 0.6) is 0 Å². The third-order valence-corrected chi connectivity index (χ3v) is 6.50. The first-order chi connectivity index (χ1) is 14.6. The fraction of sp³-hybridized carbons (Fsp3) is 0.435. The number of H-pyrrole nitrogens is 1. The predicted octanol–water partition coefficient (Wildman–Crippen LogP) is 4.85. The minimum absolute atomic E-state index is 0.129. The number of hydrogen-bond acceptors (Lipinski definition) is 5. The molecule has 0 saturated heterocycles. The topological polar surface area (TPSA) is 75.3 Å². The second-order valence-electron chi connectivity index (χ2n) is 7.81. The molecule has 30 heavy (non-hydrogen) atoms. The molecule has 0 radical (unpaired) electrons. The van der Waals surface area contributed by atoms with Crippen LogP contribution in [-0.2, 0) is 20.7 Å². The van der Waals surface area contributed by atoms with Crippen molar-refractivity contribution in [2.75, 3.05) is 4.90 Å². The van der Waals surface area contributed by atoms with Crippen LogP contribution >= 0.6 is 11.3 Å². The van der Waals surface area contributed by atoms with Gasteiger partial charge in [-0.3, -0.25) is 14.5 Å². The average molecular weight is 426 g/mol. The molecule has 2 heterocycles. The van der Waals surface area contributed by atoms with Gasteiger partial charge in [-0.15, -0.1) is 11.3 Å². The molecule has 1 saturated carbocycles. The van der Waals surface area contributed by atoms with Crippen LogP contribution in [0, 0.1) is 0 Å². The van der Waals surface area contributed by atoms with E-state index in [9.17, 15) is 9.59 Å². The Morgan fingerprint density at radius 1 is 1.27 bits per heavy atom. The second kappa shape index (κ2) is 9.43. The average Bonchev–Trinajstić information content (AvgIpc) is 3.43. The molecule has 1 aromatic carbocycles. The Morgan fingerprint density at radius 2 is 2.07 bits per heavy atom. The van der Waals surface area contributed by atoms with Gasteiger partial charge in [0, 0.05) is 41.1 Å². The number of carbonyl (C=O) groups excluding carboxylic acids is 2. The summed E-state index contributed by atoms with van der Waals surface area (Å²) in [5, 5.41) is 3.67. The quantitative estimate of drug-likeness (QED) is 0.549. The standard InChI is InChI=1S/C23H27N3O3S/c1-16(22(28)26(23-24-13-14-30-23)18-7-3-2-4-8-18)29-21(27)12-11-17-15-25-20-10-6-5-9-19(17)20/h5-6,9-10,13-16,18,25H,2-4,7-8,11-12H2,1H3. The number of aromatic amines is 1. The van der Waals surface area contributed by atoms with Gasteiger partial charge in [0.15, 0.2) is 11.2 Å². The molecule has 1 aliphatic carbocycles. The zero-order chi connectivity index (χ0) is 20.9. The molecule has 2 aromatic heterocycles. The van der Waals surface area contributed by atoms with E-state index in [1.54, 1.807) is 18.0 Å². The summed E-state index contributed by atoms with van der Waals surface area (Å²) in [4.78, 5) is 35.0. The minimum atomic E-state index is -0.828. The van der Waals surface area contributed by atoms with Crippen LogP contribution in [0.25, 0.3) is 10.9 Å². The van der Waals surface area contributed by atoms with E-state index in [0.29, 0.717) is 11.6 Å². The summed E-state index contributed by atoms with van der Waals surface area (Å²) in [5.41, 5.74) is 2.13. The molecule has 0 bridgehead atoms. The number of carbonyl (C=O) groups is 2. The van der Waals surface area contributed by atoms with Crippen molar-refractivity contribution in [2.45, 2.75) is 64.0 Å². The van der Waals surface area contributed by atoms with Crippen molar-refractivity contribution in [2.24, 2.45) is 0 Å². The number of aromatic nitrogens is 2. The van der Waals surface area contributed by atoms with Crippen molar-refractivity contribution in [3.63, 3.8) is 0 Å². The Labute approximate surface area is 180 Å². The van der Waals surface area contributed by atoms with Crippen LogP contribution in [0.4, 0.5) is 5.13 Å². The number of aryl methyl sites for hydroxylation is 1. The summed E-state index contributed by atoms with van der Waals surface area (Å²) < 4.78 is 5.53. The molecule has 0 spiro atoms. The molecule has 0 aliphatic heterocycles. The highest BCUT2D eigenvalue weighted by Crippen LogP contribution is 2.29. The summed E-state index contributed by atoms with van der Waals surface area (Å²) in [6.45, 7) is 1.66. The molecule has 1 amide bonds. The molecule has 7 heteroatoms. The van der Waals surface area contributed by atoms with E-state index in [-0.39, 0.29) is 24.3 Å². The van der Waals surface area contributed by atoms with Gasteiger partial charge in [0.25, 0.3) is 5.91 Å². The van der Waals surface area contributed by atoms with Crippen molar-refractivity contribution < 1.29 is 14.3 Å². The summed E-state index contributed by atoms with van der Waals surface area (Å²) in [6.07, 6.45) is 8.97. The summed E-state index contributed by atoms with van der Waals surface area (Å²) in [7, 11) is 0. The van der Waals surface area contributed by atoms with Crippen LogP contribution < -0.4 is 4.90 Å². The first-order valence-electron chi connectivity index (χ1n) is 10.6. The number of rotatable bonds is 7. The smallest absolute Gasteiger partial charge is 0.306 e. The van der Waals surface area contributed by atoms with E-state index in [1.165, 1.54) is 17.8 Å². The third-order valence-electron chi connectivity index (χ3n) is 5.73. The van der Waals surface area contributed by atoms with Crippen molar-refractivity contribution in [1.82, 2.24) is 9.97 Å². The fourth-order valence-electron chi connectivity index (χ4n) is 4.18. The van der Waals surface area contributed by atoms with Gasteiger partial charge >= 0.3 is 5.97 Å². The highest BCUT2D eigenvalue weighted by molar-refractivity contribution is 7.13. The zero-order valence-corrected chi connectivity index (χ0v) is 18.0. The minimum Gasteiger partial charge on any atom is -0.453 e. The van der Waals surface area contributed by atoms with Crippen LogP contribution in [0.1, 0.15) is 51.0 Å². The van der Waals surface area contributed by atoms with E-state index >= 15 is 0 Å². The lowest BCUT2D eigenvalue weighted by Gasteiger charge is -2.33. The highest BCUT2D eigenvalue weighted by atomic mass is 32.1. The summed E-state index contributed by atoms with van der Waals surface area (Å²) in [6, 6.07) is 8.14. The Hall–Kier alpha value is -2.67.